The Morgan fingerprint density at radius 3 is 2.90 bits per heavy atom. The Labute approximate surface area is 187 Å². The van der Waals surface area contributed by atoms with Crippen LogP contribution in [0.15, 0.2) is 51.0 Å². The first-order valence-corrected chi connectivity index (χ1v) is 11.1. The third-order valence-corrected chi connectivity index (χ3v) is 6.31. The molecule has 1 atom stereocenters. The van der Waals surface area contributed by atoms with E-state index in [9.17, 15) is 9.59 Å². The first kappa shape index (κ1) is 21.0. The Morgan fingerprint density at radius 2 is 2.13 bits per heavy atom. The van der Waals surface area contributed by atoms with E-state index < -0.39 is 12.0 Å². The predicted octanol–water partition coefficient (Wildman–Crippen LogP) is 5.47. The number of furan rings is 1. The number of thioether (sulfide) groups is 1. The van der Waals surface area contributed by atoms with E-state index in [1.165, 1.54) is 16.7 Å². The zero-order valence-electron chi connectivity index (χ0n) is 16.3. The van der Waals surface area contributed by atoms with E-state index in [-0.39, 0.29) is 18.1 Å². The van der Waals surface area contributed by atoms with Crippen molar-refractivity contribution in [3.8, 4) is 11.3 Å². The Balaban J connectivity index is 1.83. The summed E-state index contributed by atoms with van der Waals surface area (Å²) >= 11 is 13.9. The van der Waals surface area contributed by atoms with E-state index >= 15 is 0 Å². The maximum Gasteiger partial charge on any atom is 0.338 e. The number of rotatable bonds is 4. The quantitative estimate of drug-likeness (QED) is 0.561. The van der Waals surface area contributed by atoms with Crippen molar-refractivity contribution in [2.75, 3.05) is 12.4 Å². The van der Waals surface area contributed by atoms with Crippen LogP contribution in [0.1, 0.15) is 32.1 Å². The van der Waals surface area contributed by atoms with Crippen molar-refractivity contribution in [2.24, 2.45) is 4.99 Å². The van der Waals surface area contributed by atoms with Crippen molar-refractivity contribution in [2.45, 2.75) is 26.3 Å². The molecule has 0 aliphatic carbocycles. The Hall–Kier alpha value is -2.22. The second-order valence-electron chi connectivity index (χ2n) is 6.70. The molecule has 1 saturated heterocycles. The highest BCUT2D eigenvalue weighted by Gasteiger charge is 2.43. The molecule has 30 heavy (non-hydrogen) atoms. The van der Waals surface area contributed by atoms with Gasteiger partial charge in [-0.1, -0.05) is 35.0 Å². The number of hydrogen-bond acceptors (Lipinski definition) is 6. The van der Waals surface area contributed by atoms with E-state index in [1.807, 2.05) is 0 Å². The number of fused-ring (bicyclic) bond motifs is 1. The number of carbonyl (C=O) groups excluding carboxylic acids is 2. The number of carbonyl (C=O) groups is 2. The lowest BCUT2D eigenvalue weighted by atomic mass is 9.99. The molecule has 6 nitrogen and oxygen atoms in total. The summed E-state index contributed by atoms with van der Waals surface area (Å²) in [4.78, 5) is 31.6. The highest BCUT2D eigenvalue weighted by Crippen LogP contribution is 2.42. The number of halogens is 2. The van der Waals surface area contributed by atoms with Gasteiger partial charge in [-0.2, -0.15) is 0 Å². The van der Waals surface area contributed by atoms with Crippen LogP contribution in [0, 0.1) is 0 Å². The average molecular weight is 465 g/mol. The van der Waals surface area contributed by atoms with Gasteiger partial charge in [0.2, 0.25) is 5.91 Å². The molecular weight excluding hydrogens is 447 g/mol. The molecule has 1 unspecified atom stereocenters. The summed E-state index contributed by atoms with van der Waals surface area (Å²) in [6, 6.07) is 7.80. The minimum absolute atomic E-state index is 0.120. The van der Waals surface area contributed by atoms with Crippen LogP contribution in [0.4, 0.5) is 0 Å². The molecule has 4 rings (SSSR count). The first-order chi connectivity index (χ1) is 14.4. The molecule has 0 bridgehead atoms. The zero-order chi connectivity index (χ0) is 21.4. The summed E-state index contributed by atoms with van der Waals surface area (Å²) < 4.78 is 11.4. The molecule has 2 aromatic rings. The summed E-state index contributed by atoms with van der Waals surface area (Å²) in [5.41, 5.74) is 1.41. The number of ether oxygens (including phenoxy) is 1. The number of amides is 1. The molecule has 3 heterocycles. The molecule has 1 fully saturated rings. The lowest BCUT2D eigenvalue weighted by Gasteiger charge is -2.37. The second-order valence-corrected chi connectivity index (χ2v) is 8.61. The smallest absolute Gasteiger partial charge is 0.338 e. The maximum atomic E-state index is 12.8. The van der Waals surface area contributed by atoms with Gasteiger partial charge in [0.25, 0.3) is 0 Å². The first-order valence-electron chi connectivity index (χ1n) is 9.37. The van der Waals surface area contributed by atoms with Gasteiger partial charge in [0.05, 0.1) is 22.9 Å². The van der Waals surface area contributed by atoms with Crippen molar-refractivity contribution in [3.05, 3.63) is 57.4 Å². The molecule has 1 amide bonds. The second kappa shape index (κ2) is 8.49. The van der Waals surface area contributed by atoms with E-state index in [0.717, 1.165) is 0 Å². The summed E-state index contributed by atoms with van der Waals surface area (Å²) in [6.45, 7) is 3.68. The number of benzene rings is 1. The van der Waals surface area contributed by atoms with E-state index in [1.54, 1.807) is 44.2 Å². The van der Waals surface area contributed by atoms with Crippen molar-refractivity contribution >= 4 is 52.0 Å². The third kappa shape index (κ3) is 3.77. The standard InChI is InChI=1S/C21H18Cl2N2O4S/c1-3-28-20(27)18-11(2)24-21-25(17(26)8-9-30-21)19(18)16-7-6-15(29-16)13-10-12(22)4-5-14(13)23/h4-7,10,19H,3,8-9H2,1-2H3. The SMILES string of the molecule is CCOC(=O)C1=C(C)N=C2SCCC(=O)N2C1c1ccc(-c2cc(Cl)ccc2Cl)o1. The highest BCUT2D eigenvalue weighted by molar-refractivity contribution is 8.14. The molecule has 0 N–H and O–H groups in total. The van der Waals surface area contributed by atoms with Gasteiger partial charge in [0.1, 0.15) is 17.6 Å². The number of aliphatic imine (C=N–C) groups is 1. The predicted molar refractivity (Wildman–Crippen MR) is 118 cm³/mol. The zero-order valence-corrected chi connectivity index (χ0v) is 18.6. The van der Waals surface area contributed by atoms with Crippen LogP contribution in [0.5, 0.6) is 0 Å². The Bertz CT molecular complexity index is 1090. The minimum Gasteiger partial charge on any atom is -0.463 e. The van der Waals surface area contributed by atoms with E-state index in [2.05, 4.69) is 4.99 Å². The summed E-state index contributed by atoms with van der Waals surface area (Å²) in [7, 11) is 0. The fraction of sp³-hybridized carbons (Fsp3) is 0.286. The molecular formula is C21H18Cl2N2O4S. The van der Waals surface area contributed by atoms with E-state index in [0.29, 0.717) is 50.2 Å². The van der Waals surface area contributed by atoms with Crippen LogP contribution in [0.25, 0.3) is 11.3 Å². The number of hydrogen-bond donors (Lipinski definition) is 0. The van der Waals surface area contributed by atoms with Crippen LogP contribution in [0.2, 0.25) is 10.0 Å². The monoisotopic (exact) mass is 464 g/mol. The van der Waals surface area contributed by atoms with Crippen LogP contribution < -0.4 is 0 Å². The van der Waals surface area contributed by atoms with Crippen LogP contribution in [-0.4, -0.2) is 34.3 Å². The van der Waals surface area contributed by atoms with Crippen molar-refractivity contribution in [1.29, 1.82) is 0 Å². The topological polar surface area (TPSA) is 72.1 Å². The summed E-state index contributed by atoms with van der Waals surface area (Å²) in [5, 5.41) is 1.55. The molecule has 0 radical (unpaired) electrons. The van der Waals surface area contributed by atoms with Gasteiger partial charge in [0, 0.05) is 22.8 Å². The number of nitrogens with zero attached hydrogens (tertiary/aromatic N) is 2. The van der Waals surface area contributed by atoms with Crippen LogP contribution in [-0.2, 0) is 14.3 Å². The largest absolute Gasteiger partial charge is 0.463 e. The fourth-order valence-corrected chi connectivity index (χ4v) is 4.86. The Morgan fingerprint density at radius 1 is 1.33 bits per heavy atom. The summed E-state index contributed by atoms with van der Waals surface area (Å²) in [6.07, 6.45) is 0.350. The van der Waals surface area contributed by atoms with Gasteiger partial charge in [-0.3, -0.25) is 9.69 Å². The summed E-state index contributed by atoms with van der Waals surface area (Å²) in [5.74, 6) is 0.909. The molecule has 0 saturated carbocycles. The van der Waals surface area contributed by atoms with Gasteiger partial charge in [-0.25, -0.2) is 9.79 Å². The Kier molecular flexibility index (Phi) is 5.95. The molecule has 1 aromatic heterocycles. The number of allylic oxidation sites excluding steroid dienone is 1. The van der Waals surface area contributed by atoms with Crippen molar-refractivity contribution in [1.82, 2.24) is 4.90 Å². The molecule has 9 heteroatoms. The van der Waals surface area contributed by atoms with Gasteiger partial charge in [0.15, 0.2) is 5.17 Å². The molecule has 0 spiro atoms. The minimum atomic E-state index is -0.761. The maximum absolute atomic E-state index is 12.8. The van der Waals surface area contributed by atoms with Gasteiger partial charge in [-0.15, -0.1) is 0 Å². The average Bonchev–Trinajstić information content (AvgIpc) is 3.18. The third-order valence-electron chi connectivity index (χ3n) is 4.79. The molecule has 1 aromatic carbocycles. The molecule has 156 valence electrons. The van der Waals surface area contributed by atoms with Crippen molar-refractivity contribution in [3.63, 3.8) is 0 Å². The van der Waals surface area contributed by atoms with Crippen LogP contribution in [0.3, 0.4) is 0 Å². The molecule has 2 aliphatic rings. The van der Waals surface area contributed by atoms with Gasteiger partial charge >= 0.3 is 5.97 Å². The lowest BCUT2D eigenvalue weighted by Crippen LogP contribution is -2.45. The molecule has 2 aliphatic heterocycles. The fourth-order valence-electron chi connectivity index (χ4n) is 3.47. The highest BCUT2D eigenvalue weighted by atomic mass is 35.5. The van der Waals surface area contributed by atoms with Crippen molar-refractivity contribution < 1.29 is 18.7 Å². The van der Waals surface area contributed by atoms with Crippen LogP contribution >= 0.6 is 35.0 Å². The number of esters is 1. The van der Waals surface area contributed by atoms with Gasteiger partial charge < -0.3 is 9.15 Å². The lowest BCUT2D eigenvalue weighted by molar-refractivity contribution is -0.139. The van der Waals surface area contributed by atoms with Gasteiger partial charge in [-0.05, 0) is 44.2 Å². The van der Waals surface area contributed by atoms with E-state index in [4.69, 9.17) is 32.4 Å². The normalized spacial score (nSPS) is 18.9. The number of amidine groups is 1.